The first-order valence-electron chi connectivity index (χ1n) is 19.0. The van der Waals surface area contributed by atoms with Crippen LogP contribution in [0.25, 0.3) is 22.9 Å². The van der Waals surface area contributed by atoms with Crippen LogP contribution >= 0.6 is 38.6 Å². The highest BCUT2D eigenvalue weighted by Crippen LogP contribution is 2.29. The van der Waals surface area contributed by atoms with Gasteiger partial charge in [0, 0.05) is 59.0 Å². The van der Waals surface area contributed by atoms with E-state index in [0.29, 0.717) is 35.2 Å². The van der Waals surface area contributed by atoms with Crippen LogP contribution in [-0.4, -0.2) is 68.4 Å². The fourth-order valence-corrected chi connectivity index (χ4v) is 7.90. The number of anilines is 2. The van der Waals surface area contributed by atoms with Gasteiger partial charge in [0.2, 0.25) is 11.8 Å². The van der Waals surface area contributed by atoms with Gasteiger partial charge in [0.25, 0.3) is 11.8 Å². The van der Waals surface area contributed by atoms with Crippen LogP contribution in [0.2, 0.25) is 0 Å². The Morgan fingerprint density at radius 3 is 1.69 bits per heavy atom. The van der Waals surface area contributed by atoms with E-state index in [0.717, 1.165) is 56.9 Å². The van der Waals surface area contributed by atoms with Crippen LogP contribution in [0.1, 0.15) is 74.3 Å². The number of hydrogen-bond acceptors (Lipinski definition) is 10. The van der Waals surface area contributed by atoms with Crippen LogP contribution in [0.3, 0.4) is 0 Å². The number of carbonyl (C=O) groups is 2. The van der Waals surface area contributed by atoms with Crippen molar-refractivity contribution in [1.29, 1.82) is 0 Å². The number of piperidine rings is 2. The van der Waals surface area contributed by atoms with Gasteiger partial charge in [-0.2, -0.15) is 40.2 Å². The van der Waals surface area contributed by atoms with Crippen LogP contribution in [0, 0.1) is 11.6 Å². The molecule has 1 N–H and O–H groups in total. The zero-order valence-electron chi connectivity index (χ0n) is 32.3. The maximum absolute atomic E-state index is 14.8. The number of urea groups is 2. The van der Waals surface area contributed by atoms with E-state index < -0.39 is 36.3 Å². The molecule has 0 saturated carbocycles. The second-order valence-electron chi connectivity index (χ2n) is 13.6. The summed E-state index contributed by atoms with van der Waals surface area (Å²) in [6, 6.07) is 12.0. The maximum Gasteiger partial charge on any atom is 0.324 e. The molecule has 61 heavy (non-hydrogen) atoms. The Morgan fingerprint density at radius 1 is 0.705 bits per heavy atom. The molecule has 6 heterocycles. The molecule has 21 heteroatoms. The predicted molar refractivity (Wildman–Crippen MR) is 222 cm³/mol. The third-order valence-electron chi connectivity index (χ3n) is 9.42. The molecule has 12 nitrogen and oxygen atoms in total. The van der Waals surface area contributed by atoms with Crippen molar-refractivity contribution in [2.24, 2.45) is 0 Å². The second-order valence-corrected chi connectivity index (χ2v) is 15.7. The van der Waals surface area contributed by atoms with Gasteiger partial charge in [-0.15, -0.1) is 20.4 Å². The van der Waals surface area contributed by atoms with Crippen molar-refractivity contribution in [2.75, 3.05) is 36.4 Å². The van der Waals surface area contributed by atoms with Crippen molar-refractivity contribution in [3.63, 3.8) is 0 Å². The zero-order chi connectivity index (χ0) is 43.3. The number of carbonyl (C=O) groups excluding carboxylic acids is 2. The number of halogens is 7. The lowest BCUT2D eigenvalue weighted by Crippen LogP contribution is -2.45. The molecule has 6 aromatic rings. The predicted octanol–water partition coefficient (Wildman–Crippen LogP) is 12.0. The molecule has 2 saturated heterocycles. The van der Waals surface area contributed by atoms with E-state index in [1.807, 2.05) is 38.6 Å². The Morgan fingerprint density at radius 2 is 1.23 bits per heavy atom. The van der Waals surface area contributed by atoms with E-state index in [9.17, 15) is 35.9 Å². The summed E-state index contributed by atoms with van der Waals surface area (Å²) in [7, 11) is 0. The van der Waals surface area contributed by atoms with Crippen LogP contribution in [-0.2, 0) is 11.9 Å². The third kappa shape index (κ3) is 12.4. The van der Waals surface area contributed by atoms with E-state index in [1.54, 1.807) is 21.1 Å². The number of hydrogen-bond donors (Lipinski definition) is 1. The molecule has 0 aliphatic carbocycles. The van der Waals surface area contributed by atoms with Crippen LogP contribution < -0.4 is 10.2 Å². The Bertz CT molecular complexity index is 2300. The summed E-state index contributed by atoms with van der Waals surface area (Å²) in [5, 5.41) is 24.3. The van der Waals surface area contributed by atoms with E-state index in [2.05, 4.69) is 41.6 Å². The molecule has 0 spiro atoms. The summed E-state index contributed by atoms with van der Waals surface area (Å²) < 4.78 is 87.5. The molecule has 2 aliphatic rings. The number of likely N-dealkylation sites (tertiary alicyclic amines) is 2. The Labute approximate surface area is 362 Å². The smallest absolute Gasteiger partial charge is 0.324 e. The molecule has 8 rings (SSSR count). The minimum Gasteiger partial charge on any atom is -0.415 e. The molecule has 0 unspecified atom stereocenters. The summed E-state index contributed by atoms with van der Waals surface area (Å²) in [4.78, 5) is 30.0. The quantitative estimate of drug-likeness (QED) is 0.112. The fourth-order valence-electron chi connectivity index (χ4n) is 6.22. The highest BCUT2D eigenvalue weighted by Gasteiger charge is 2.26. The Hall–Kier alpha value is -5.28. The lowest BCUT2D eigenvalue weighted by Gasteiger charge is -2.32. The average molecular weight is 954 g/mol. The normalized spacial score (nSPS) is 14.0. The van der Waals surface area contributed by atoms with Crippen LogP contribution in [0.4, 0.5) is 47.3 Å². The summed E-state index contributed by atoms with van der Waals surface area (Å²) in [5.41, 5.74) is 2.83. The first kappa shape index (κ1) is 45.3. The van der Waals surface area contributed by atoms with Gasteiger partial charge in [0.15, 0.2) is 0 Å². The number of nitrogens with zero attached hydrogens (tertiary/aromatic N) is 7. The first-order chi connectivity index (χ1) is 29.5. The van der Waals surface area contributed by atoms with Crippen molar-refractivity contribution in [3.8, 4) is 22.9 Å². The molecule has 324 valence electrons. The van der Waals surface area contributed by atoms with Gasteiger partial charge >= 0.3 is 24.9 Å². The summed E-state index contributed by atoms with van der Waals surface area (Å²) in [5.74, 6) is -2.95. The summed E-state index contributed by atoms with van der Waals surface area (Å²) >= 11 is 6.17. The zero-order valence-corrected chi connectivity index (χ0v) is 35.5. The van der Waals surface area contributed by atoms with Crippen LogP contribution in [0.5, 0.6) is 0 Å². The second kappa shape index (κ2) is 22.0. The minimum atomic E-state index is -2.89. The number of rotatable bonds is 9. The third-order valence-corrected chi connectivity index (χ3v) is 11.4. The highest BCUT2D eigenvalue weighted by atomic mass is 79.9. The number of thiophene rings is 2. The topological polar surface area (TPSA) is 134 Å². The molecule has 2 fully saturated rings. The van der Waals surface area contributed by atoms with Gasteiger partial charge in [-0.3, -0.25) is 4.90 Å². The van der Waals surface area contributed by atoms with Crippen molar-refractivity contribution in [1.82, 2.24) is 30.2 Å². The van der Waals surface area contributed by atoms with E-state index in [1.165, 1.54) is 48.1 Å². The number of amides is 4. The fraction of sp³-hybridized carbons (Fsp3) is 0.350. The summed E-state index contributed by atoms with van der Waals surface area (Å²) in [6.45, 7) is 3.21. The molecule has 0 atom stereocenters. The van der Waals surface area contributed by atoms with Gasteiger partial charge in [-0.05, 0) is 91.2 Å². The van der Waals surface area contributed by atoms with Crippen LogP contribution in [0.15, 0.2) is 78.9 Å². The van der Waals surface area contributed by atoms with Gasteiger partial charge in [-0.25, -0.2) is 18.4 Å². The number of benzene rings is 2. The number of alkyl halides is 5. The van der Waals surface area contributed by atoms with Gasteiger partial charge in [0.1, 0.15) is 11.6 Å². The SMILES string of the molecule is Fc1cc(-c2nnc(C(F)F)o2)ccc1CBr.O=C(N1CCCCC1)N(Cc1ccc(-c2nnc(C(F)F)o2)cc1F)c1ccsc1.O=C(Nc1ccsc1)N1CCCCC1. The van der Waals surface area contributed by atoms with Crippen molar-refractivity contribution in [2.45, 2.75) is 63.3 Å². The van der Waals surface area contributed by atoms with Crippen molar-refractivity contribution < 1.29 is 44.8 Å². The average Bonchev–Trinajstić information content (AvgIpc) is 4.13. The molecule has 0 radical (unpaired) electrons. The molecule has 2 aliphatic heterocycles. The Kier molecular flexibility index (Phi) is 16.3. The monoisotopic (exact) mass is 952 g/mol. The summed E-state index contributed by atoms with van der Waals surface area (Å²) in [6.07, 6.45) is 0.810. The largest absolute Gasteiger partial charge is 0.415 e. The molecular weight excluding hydrogens is 915 g/mol. The minimum absolute atomic E-state index is 0.0445. The van der Waals surface area contributed by atoms with E-state index in [4.69, 9.17) is 8.83 Å². The lowest BCUT2D eigenvalue weighted by molar-refractivity contribution is 0.115. The Balaban J connectivity index is 0.000000169. The van der Waals surface area contributed by atoms with E-state index in [-0.39, 0.29) is 41.5 Å². The molecule has 4 amide bonds. The van der Waals surface area contributed by atoms with Crippen molar-refractivity contribution in [3.05, 3.63) is 105 Å². The molecule has 4 aromatic heterocycles. The maximum atomic E-state index is 14.8. The standard InChI is InChI=1S/C20H19F3N4O2S.C10H6BrF3N2O.C10H14N2OS/c21-16-10-13(18-24-25-19(29-18)17(22)23)4-5-14(16)11-27(15-6-9-30-12-15)20(28)26-7-2-1-3-8-26;11-4-6-2-1-5(3-7(6)12)9-15-16-10(17-9)8(13)14;13-10(11-9-4-7-14-8-9)12-5-2-1-3-6-12/h4-6,9-10,12,17H,1-3,7-8,11H2;1-3,8H,4H2;4,7-8H,1-3,5-6H2,(H,11,13). The number of nitrogens with one attached hydrogen (secondary N) is 1. The lowest BCUT2D eigenvalue weighted by atomic mass is 10.1. The molecule has 0 bridgehead atoms. The van der Waals surface area contributed by atoms with E-state index >= 15 is 0 Å². The first-order valence-corrected chi connectivity index (χ1v) is 22.0. The molecule has 2 aromatic carbocycles. The van der Waals surface area contributed by atoms with Gasteiger partial charge in [0.05, 0.1) is 17.9 Å². The molecular formula is C40H39BrF6N8O4S2. The van der Waals surface area contributed by atoms with Crippen molar-refractivity contribution >= 4 is 62.0 Å². The van der Waals surface area contributed by atoms with Gasteiger partial charge in [-0.1, -0.05) is 28.1 Å². The van der Waals surface area contributed by atoms with Gasteiger partial charge < -0.3 is 24.0 Å². The highest BCUT2D eigenvalue weighted by molar-refractivity contribution is 9.08. The number of aromatic nitrogens is 4.